The normalized spacial score (nSPS) is 23.6. The van der Waals surface area contributed by atoms with Crippen LogP contribution >= 0.6 is 15.9 Å². The fraction of sp³-hybridized carbons (Fsp3) is 0.533. The molecule has 5 heteroatoms. The van der Waals surface area contributed by atoms with Gasteiger partial charge in [0.25, 0.3) is 0 Å². The van der Waals surface area contributed by atoms with Gasteiger partial charge in [-0.25, -0.2) is 0 Å². The molecule has 2 unspecified atom stereocenters. The Morgan fingerprint density at radius 3 is 2.75 bits per heavy atom. The Morgan fingerprint density at radius 2 is 2.10 bits per heavy atom. The van der Waals surface area contributed by atoms with Gasteiger partial charge in [0.05, 0.1) is 6.54 Å². The first-order chi connectivity index (χ1) is 9.54. The molecular formula is C15H22BrN3O. The first kappa shape index (κ1) is 15.5. The van der Waals surface area contributed by atoms with Crippen LogP contribution in [-0.2, 0) is 4.79 Å². The van der Waals surface area contributed by atoms with E-state index >= 15 is 0 Å². The van der Waals surface area contributed by atoms with Crippen molar-refractivity contribution in [1.29, 1.82) is 0 Å². The van der Waals surface area contributed by atoms with Gasteiger partial charge in [0.15, 0.2) is 0 Å². The van der Waals surface area contributed by atoms with Gasteiger partial charge in [-0.2, -0.15) is 0 Å². The Morgan fingerprint density at radius 1 is 1.40 bits per heavy atom. The van der Waals surface area contributed by atoms with Gasteiger partial charge in [-0.3, -0.25) is 4.79 Å². The Kier molecular flexibility index (Phi) is 5.57. The lowest BCUT2D eigenvalue weighted by molar-refractivity contribution is -0.115. The number of hydrogen-bond donors (Lipinski definition) is 2. The van der Waals surface area contributed by atoms with Crippen molar-refractivity contribution in [2.24, 2.45) is 0 Å². The maximum Gasteiger partial charge on any atom is 0.238 e. The van der Waals surface area contributed by atoms with Gasteiger partial charge in [0, 0.05) is 22.2 Å². The number of anilines is 1. The number of benzene rings is 1. The highest BCUT2D eigenvalue weighted by molar-refractivity contribution is 9.10. The van der Waals surface area contributed by atoms with Crippen LogP contribution in [0, 0.1) is 0 Å². The maximum atomic E-state index is 11.9. The molecular weight excluding hydrogens is 318 g/mol. The van der Waals surface area contributed by atoms with Gasteiger partial charge >= 0.3 is 0 Å². The van der Waals surface area contributed by atoms with Gasteiger partial charge < -0.3 is 15.5 Å². The second-order valence-corrected chi connectivity index (χ2v) is 6.40. The zero-order chi connectivity index (χ0) is 14.5. The molecule has 0 aromatic heterocycles. The van der Waals surface area contributed by atoms with Crippen LogP contribution in [0.25, 0.3) is 0 Å². The van der Waals surface area contributed by atoms with Gasteiger partial charge in [-0.05, 0) is 57.6 Å². The number of likely N-dealkylation sites (tertiary alicyclic amines) is 1. The van der Waals surface area contributed by atoms with Gasteiger partial charge in [-0.1, -0.05) is 15.9 Å². The number of carbonyl (C=O) groups excluding carboxylic acids is 1. The van der Waals surface area contributed by atoms with E-state index in [9.17, 15) is 4.79 Å². The highest BCUT2D eigenvalue weighted by atomic mass is 79.9. The molecule has 1 saturated heterocycles. The van der Waals surface area contributed by atoms with Crippen LogP contribution in [0.1, 0.15) is 19.8 Å². The highest BCUT2D eigenvalue weighted by Gasteiger charge is 2.22. The van der Waals surface area contributed by atoms with Crippen molar-refractivity contribution in [2.45, 2.75) is 31.8 Å². The number of rotatable bonds is 4. The summed E-state index contributed by atoms with van der Waals surface area (Å²) in [4.78, 5) is 14.3. The molecule has 20 heavy (non-hydrogen) atoms. The third-order valence-electron chi connectivity index (χ3n) is 3.89. The van der Waals surface area contributed by atoms with Crippen LogP contribution in [0.15, 0.2) is 28.7 Å². The second kappa shape index (κ2) is 7.20. The van der Waals surface area contributed by atoms with Crippen molar-refractivity contribution in [3.8, 4) is 0 Å². The summed E-state index contributed by atoms with van der Waals surface area (Å²) in [5.41, 5.74) is 0.830. The van der Waals surface area contributed by atoms with Crippen LogP contribution in [-0.4, -0.2) is 43.0 Å². The minimum absolute atomic E-state index is 0.0129. The largest absolute Gasteiger partial charge is 0.325 e. The average Bonchev–Trinajstić information content (AvgIpc) is 2.43. The van der Waals surface area contributed by atoms with E-state index in [1.54, 1.807) is 0 Å². The molecule has 1 aliphatic rings. The summed E-state index contributed by atoms with van der Waals surface area (Å²) in [6, 6.07) is 8.63. The molecule has 0 bridgehead atoms. The van der Waals surface area contributed by atoms with Crippen molar-refractivity contribution in [1.82, 2.24) is 10.2 Å². The molecule has 1 aliphatic heterocycles. The van der Waals surface area contributed by atoms with E-state index in [-0.39, 0.29) is 5.91 Å². The fourth-order valence-electron chi connectivity index (χ4n) is 2.45. The van der Waals surface area contributed by atoms with E-state index in [4.69, 9.17) is 0 Å². The zero-order valence-electron chi connectivity index (χ0n) is 12.0. The number of hydrogen-bond acceptors (Lipinski definition) is 3. The van der Waals surface area contributed by atoms with E-state index in [0.717, 1.165) is 29.5 Å². The highest BCUT2D eigenvalue weighted by Crippen LogP contribution is 2.15. The van der Waals surface area contributed by atoms with Gasteiger partial charge in [-0.15, -0.1) is 0 Å². The molecule has 1 heterocycles. The number of nitrogens with zero attached hydrogens (tertiary/aromatic N) is 1. The molecule has 1 amide bonds. The lowest BCUT2D eigenvalue weighted by Crippen LogP contribution is -2.47. The number of amides is 1. The molecule has 0 spiro atoms. The van der Waals surface area contributed by atoms with Crippen molar-refractivity contribution in [3.63, 3.8) is 0 Å². The number of nitrogens with one attached hydrogen (secondary N) is 2. The van der Waals surface area contributed by atoms with E-state index in [0.29, 0.717) is 18.6 Å². The summed E-state index contributed by atoms with van der Waals surface area (Å²) in [6.45, 7) is 3.69. The summed E-state index contributed by atoms with van der Waals surface area (Å²) in [6.07, 6.45) is 2.20. The van der Waals surface area contributed by atoms with Crippen LogP contribution in [0.4, 0.5) is 5.69 Å². The molecule has 0 radical (unpaired) electrons. The minimum atomic E-state index is 0.0129. The first-order valence-corrected chi connectivity index (χ1v) is 7.83. The standard InChI is InChI=1S/C15H22BrN3O/c1-11-9-14(7-8-19(11)2)17-10-15(20)18-13-5-3-12(16)4-6-13/h3-6,11,14,17H,7-10H2,1-2H3,(H,18,20). The predicted molar refractivity (Wildman–Crippen MR) is 85.9 cm³/mol. The summed E-state index contributed by atoms with van der Waals surface area (Å²) in [5, 5.41) is 6.25. The van der Waals surface area contributed by atoms with E-state index in [1.807, 2.05) is 24.3 Å². The summed E-state index contributed by atoms with van der Waals surface area (Å²) in [7, 11) is 2.15. The van der Waals surface area contributed by atoms with Gasteiger partial charge in [0.2, 0.25) is 5.91 Å². The summed E-state index contributed by atoms with van der Waals surface area (Å²) < 4.78 is 1.01. The van der Waals surface area contributed by atoms with Crippen LogP contribution in [0.5, 0.6) is 0 Å². The number of carbonyl (C=O) groups is 1. The fourth-order valence-corrected chi connectivity index (χ4v) is 2.71. The quantitative estimate of drug-likeness (QED) is 0.885. The first-order valence-electron chi connectivity index (χ1n) is 7.03. The molecule has 2 atom stereocenters. The van der Waals surface area contributed by atoms with Crippen molar-refractivity contribution in [3.05, 3.63) is 28.7 Å². The van der Waals surface area contributed by atoms with Crippen LogP contribution < -0.4 is 10.6 Å². The minimum Gasteiger partial charge on any atom is -0.325 e. The Balaban J connectivity index is 1.74. The lowest BCUT2D eigenvalue weighted by atomic mass is 9.99. The van der Waals surface area contributed by atoms with Crippen molar-refractivity contribution >= 4 is 27.5 Å². The van der Waals surface area contributed by atoms with E-state index in [2.05, 4.69) is 45.4 Å². The molecule has 1 aromatic carbocycles. The molecule has 0 saturated carbocycles. The van der Waals surface area contributed by atoms with E-state index in [1.165, 1.54) is 0 Å². The second-order valence-electron chi connectivity index (χ2n) is 5.49. The number of halogens is 1. The Hall–Kier alpha value is -0.910. The SMILES string of the molecule is CC1CC(NCC(=O)Nc2ccc(Br)cc2)CCN1C. The van der Waals surface area contributed by atoms with Crippen LogP contribution in [0.2, 0.25) is 0 Å². The topological polar surface area (TPSA) is 44.4 Å². The molecule has 2 N–H and O–H groups in total. The maximum absolute atomic E-state index is 11.9. The molecule has 0 aliphatic carbocycles. The zero-order valence-corrected chi connectivity index (χ0v) is 13.6. The summed E-state index contributed by atoms with van der Waals surface area (Å²) >= 11 is 3.38. The smallest absolute Gasteiger partial charge is 0.238 e. The molecule has 1 fully saturated rings. The Labute approximate surface area is 129 Å². The van der Waals surface area contributed by atoms with Crippen molar-refractivity contribution in [2.75, 3.05) is 25.5 Å². The number of piperidine rings is 1. The van der Waals surface area contributed by atoms with Gasteiger partial charge in [0.1, 0.15) is 0 Å². The molecule has 2 rings (SSSR count). The predicted octanol–water partition coefficient (Wildman–Crippen LogP) is 2.46. The van der Waals surface area contributed by atoms with E-state index < -0.39 is 0 Å². The third kappa shape index (κ3) is 4.58. The summed E-state index contributed by atoms with van der Waals surface area (Å²) in [5.74, 6) is 0.0129. The molecule has 110 valence electrons. The van der Waals surface area contributed by atoms with Crippen molar-refractivity contribution < 1.29 is 4.79 Å². The van der Waals surface area contributed by atoms with Crippen LogP contribution in [0.3, 0.4) is 0 Å². The third-order valence-corrected chi connectivity index (χ3v) is 4.42. The Bertz CT molecular complexity index is 449. The molecule has 1 aromatic rings. The monoisotopic (exact) mass is 339 g/mol. The average molecular weight is 340 g/mol. The lowest BCUT2D eigenvalue weighted by Gasteiger charge is -2.35. The molecule has 4 nitrogen and oxygen atoms in total.